The monoisotopic (exact) mass is 462 g/mol. The number of hydrogen-bond acceptors (Lipinski definition) is 6. The summed E-state index contributed by atoms with van der Waals surface area (Å²) >= 11 is 0. The Balaban J connectivity index is 1.57. The zero-order valence-electron chi connectivity index (χ0n) is 20.4. The molecule has 1 aliphatic rings. The highest BCUT2D eigenvalue weighted by atomic mass is 16.5. The molecule has 4 rings (SSSR count). The van der Waals surface area contributed by atoms with Crippen LogP contribution in [0.25, 0.3) is 5.65 Å². The first-order valence-electron chi connectivity index (χ1n) is 11.8. The highest BCUT2D eigenvalue weighted by Gasteiger charge is 2.27. The number of piperidine rings is 1. The Morgan fingerprint density at radius 3 is 2.91 bits per heavy atom. The first kappa shape index (κ1) is 23.8. The summed E-state index contributed by atoms with van der Waals surface area (Å²) in [6.07, 6.45) is 5.24. The van der Waals surface area contributed by atoms with E-state index in [4.69, 9.17) is 9.72 Å². The molecule has 0 bridgehead atoms. The third-order valence-corrected chi connectivity index (χ3v) is 6.14. The van der Waals surface area contributed by atoms with E-state index in [1.54, 1.807) is 0 Å². The molecule has 34 heavy (non-hydrogen) atoms. The van der Waals surface area contributed by atoms with Crippen LogP contribution < -0.4 is 20.7 Å². The minimum absolute atomic E-state index is 0.0754. The molecular weight excluding hydrogens is 428 g/mol. The number of nitrogens with one attached hydrogen (secondary N) is 3. The summed E-state index contributed by atoms with van der Waals surface area (Å²) in [6.45, 7) is 13.5. The van der Waals surface area contributed by atoms with Gasteiger partial charge in [-0.1, -0.05) is 32.6 Å². The van der Waals surface area contributed by atoms with Crippen LogP contribution in [0.4, 0.5) is 11.5 Å². The first-order chi connectivity index (χ1) is 16.2. The molecule has 0 spiro atoms. The molecule has 0 unspecified atom stereocenters. The highest BCUT2D eigenvalue weighted by molar-refractivity contribution is 5.98. The van der Waals surface area contributed by atoms with E-state index in [-0.39, 0.29) is 23.5 Å². The number of ether oxygens (including phenoxy) is 1. The lowest BCUT2D eigenvalue weighted by Gasteiger charge is -2.35. The van der Waals surface area contributed by atoms with Crippen LogP contribution in [0.5, 0.6) is 5.88 Å². The molecule has 1 atom stereocenters. The molecule has 0 aliphatic carbocycles. The van der Waals surface area contributed by atoms with Crippen LogP contribution in [0, 0.1) is 0 Å². The summed E-state index contributed by atoms with van der Waals surface area (Å²) in [6, 6.07) is 9.61. The number of fused-ring (bicyclic) bond motifs is 1. The van der Waals surface area contributed by atoms with Gasteiger partial charge in [-0.3, -0.25) is 4.79 Å². The van der Waals surface area contributed by atoms with E-state index in [1.165, 1.54) is 6.08 Å². The molecule has 8 heteroatoms. The summed E-state index contributed by atoms with van der Waals surface area (Å²) in [5.74, 6) is 1.45. The quantitative estimate of drug-likeness (QED) is 0.427. The van der Waals surface area contributed by atoms with Gasteiger partial charge in [0.25, 0.3) is 0 Å². The minimum atomic E-state index is -0.235. The number of aromatic nitrogens is 3. The summed E-state index contributed by atoms with van der Waals surface area (Å²) in [7, 11) is 0. The number of hydrogen-bond donors (Lipinski definition) is 3. The number of carbonyl (C=O) groups is 1. The van der Waals surface area contributed by atoms with Gasteiger partial charge in [0, 0.05) is 35.9 Å². The standard InChI is InChI=1S/C26H34N6O2/c1-6-23(33)30-19-9-7-8-18(12-19)14-27-22-13-24(34-20-10-11-26(4,5)28-15-20)31-25-21(17(2)3)16-29-32(22)25/h6-9,12-13,16-17,20,27-28H,1,10-11,14-15H2,2-5H3,(H,30,33)/t20-/m0/s1. The molecule has 1 amide bonds. The smallest absolute Gasteiger partial charge is 0.247 e. The van der Waals surface area contributed by atoms with Crippen LogP contribution in [-0.4, -0.2) is 38.7 Å². The van der Waals surface area contributed by atoms with E-state index in [0.717, 1.165) is 47.7 Å². The minimum Gasteiger partial charge on any atom is -0.473 e. The van der Waals surface area contributed by atoms with Crippen molar-refractivity contribution >= 4 is 23.1 Å². The van der Waals surface area contributed by atoms with Crippen molar-refractivity contribution in [1.82, 2.24) is 19.9 Å². The molecule has 0 radical (unpaired) electrons. The molecule has 1 aromatic carbocycles. The fourth-order valence-corrected chi connectivity index (χ4v) is 4.07. The summed E-state index contributed by atoms with van der Waals surface area (Å²) < 4.78 is 8.14. The molecule has 8 nitrogen and oxygen atoms in total. The second kappa shape index (κ2) is 9.85. The number of amides is 1. The van der Waals surface area contributed by atoms with Crippen LogP contribution >= 0.6 is 0 Å². The summed E-state index contributed by atoms with van der Waals surface area (Å²) in [4.78, 5) is 16.4. The Bertz CT molecular complexity index is 1170. The van der Waals surface area contributed by atoms with Gasteiger partial charge in [0.05, 0.1) is 6.20 Å². The molecule has 0 saturated carbocycles. The highest BCUT2D eigenvalue weighted by Crippen LogP contribution is 2.27. The number of benzene rings is 1. The lowest BCUT2D eigenvalue weighted by Crippen LogP contribution is -2.50. The fraction of sp³-hybridized carbons (Fsp3) is 0.423. The Labute approximate surface area is 200 Å². The van der Waals surface area contributed by atoms with Crippen molar-refractivity contribution < 1.29 is 9.53 Å². The van der Waals surface area contributed by atoms with Crippen molar-refractivity contribution in [3.63, 3.8) is 0 Å². The lowest BCUT2D eigenvalue weighted by molar-refractivity contribution is -0.111. The maximum absolute atomic E-state index is 11.6. The molecule has 180 valence electrons. The molecule has 1 aliphatic heterocycles. The maximum atomic E-state index is 11.6. The zero-order valence-corrected chi connectivity index (χ0v) is 20.4. The Kier molecular flexibility index (Phi) is 6.88. The van der Waals surface area contributed by atoms with E-state index in [2.05, 4.69) is 55.3 Å². The van der Waals surface area contributed by atoms with Gasteiger partial charge < -0.3 is 20.7 Å². The van der Waals surface area contributed by atoms with Gasteiger partial charge in [0.1, 0.15) is 11.9 Å². The van der Waals surface area contributed by atoms with Crippen molar-refractivity contribution in [2.45, 2.75) is 64.6 Å². The van der Waals surface area contributed by atoms with Gasteiger partial charge in [-0.05, 0) is 56.4 Å². The van der Waals surface area contributed by atoms with Crippen LogP contribution in [-0.2, 0) is 11.3 Å². The summed E-state index contributed by atoms with van der Waals surface area (Å²) in [5, 5.41) is 14.4. The van der Waals surface area contributed by atoms with Gasteiger partial charge in [-0.25, -0.2) is 0 Å². The largest absolute Gasteiger partial charge is 0.473 e. The fourth-order valence-electron chi connectivity index (χ4n) is 4.07. The van der Waals surface area contributed by atoms with Gasteiger partial charge >= 0.3 is 0 Å². The molecular formula is C26H34N6O2. The Hall–Kier alpha value is -3.39. The average Bonchev–Trinajstić information content (AvgIpc) is 3.23. The third-order valence-electron chi connectivity index (χ3n) is 6.14. The molecule has 3 heterocycles. The number of carbonyl (C=O) groups excluding carboxylic acids is 1. The van der Waals surface area contributed by atoms with E-state index < -0.39 is 0 Å². The number of nitrogens with zero attached hydrogens (tertiary/aromatic N) is 3. The molecule has 2 aromatic heterocycles. The van der Waals surface area contributed by atoms with Crippen LogP contribution in [0.2, 0.25) is 0 Å². The predicted molar refractivity (Wildman–Crippen MR) is 135 cm³/mol. The van der Waals surface area contributed by atoms with Gasteiger partial charge in [-0.15, -0.1) is 0 Å². The average molecular weight is 463 g/mol. The molecule has 3 N–H and O–H groups in total. The SMILES string of the molecule is C=CC(=O)Nc1cccc(CNc2cc(O[C@H]3CCC(C)(C)NC3)nc3c(C(C)C)cnn23)c1. The lowest BCUT2D eigenvalue weighted by atomic mass is 9.92. The zero-order chi connectivity index (χ0) is 24.3. The topological polar surface area (TPSA) is 92.6 Å². The van der Waals surface area contributed by atoms with E-state index in [9.17, 15) is 4.79 Å². The van der Waals surface area contributed by atoms with E-state index >= 15 is 0 Å². The van der Waals surface area contributed by atoms with Crippen molar-refractivity contribution in [3.8, 4) is 5.88 Å². The van der Waals surface area contributed by atoms with Gasteiger partial charge in [-0.2, -0.15) is 14.6 Å². The second-order valence-electron chi connectivity index (χ2n) is 9.76. The van der Waals surface area contributed by atoms with E-state index in [1.807, 2.05) is 41.0 Å². The maximum Gasteiger partial charge on any atom is 0.247 e. The van der Waals surface area contributed by atoms with Crippen molar-refractivity contribution in [1.29, 1.82) is 0 Å². The summed E-state index contributed by atoms with van der Waals surface area (Å²) in [5.41, 5.74) is 3.75. The normalized spacial score (nSPS) is 17.5. The van der Waals surface area contributed by atoms with Gasteiger partial charge in [0.15, 0.2) is 5.65 Å². The van der Waals surface area contributed by atoms with Gasteiger partial charge in [0.2, 0.25) is 11.8 Å². The van der Waals surface area contributed by atoms with Crippen molar-refractivity contribution in [3.05, 3.63) is 60.3 Å². The van der Waals surface area contributed by atoms with Crippen LogP contribution in [0.3, 0.4) is 0 Å². The number of rotatable bonds is 8. The molecule has 3 aromatic rings. The van der Waals surface area contributed by atoms with Crippen LogP contribution in [0.15, 0.2) is 49.2 Å². The van der Waals surface area contributed by atoms with Crippen LogP contribution in [0.1, 0.15) is 57.6 Å². The second-order valence-corrected chi connectivity index (χ2v) is 9.76. The predicted octanol–water partition coefficient (Wildman–Crippen LogP) is 4.50. The Morgan fingerprint density at radius 1 is 1.38 bits per heavy atom. The molecule has 1 saturated heterocycles. The number of anilines is 2. The molecule has 1 fully saturated rings. The van der Waals surface area contributed by atoms with E-state index in [0.29, 0.717) is 12.4 Å². The Morgan fingerprint density at radius 2 is 2.21 bits per heavy atom. The third kappa shape index (κ3) is 5.56. The first-order valence-corrected chi connectivity index (χ1v) is 11.8. The van der Waals surface area contributed by atoms with Crippen molar-refractivity contribution in [2.24, 2.45) is 0 Å². The van der Waals surface area contributed by atoms with Crippen molar-refractivity contribution in [2.75, 3.05) is 17.2 Å².